The molecule has 2 saturated heterocycles. The fraction of sp³-hybridized carbons (Fsp3) is 0.321. The number of thiocarbonyl (C=S) groups is 1. The van der Waals surface area contributed by atoms with Gasteiger partial charge in [0.2, 0.25) is 11.8 Å². The minimum atomic E-state index is -0.985. The largest absolute Gasteiger partial charge is 0.492 e. The predicted molar refractivity (Wildman–Crippen MR) is 147 cm³/mol. The van der Waals surface area contributed by atoms with Crippen LogP contribution in [-0.2, 0) is 14.4 Å². The molecule has 0 spiro atoms. The van der Waals surface area contributed by atoms with Gasteiger partial charge in [0.1, 0.15) is 29.3 Å². The number of hydrogen-bond acceptors (Lipinski definition) is 7. The van der Waals surface area contributed by atoms with Crippen molar-refractivity contribution in [3.8, 4) is 5.75 Å². The Bertz CT molecular complexity index is 1570. The van der Waals surface area contributed by atoms with Gasteiger partial charge in [-0.05, 0) is 68.9 Å². The molecule has 0 saturated carbocycles. The van der Waals surface area contributed by atoms with Crippen molar-refractivity contribution in [3.05, 3.63) is 59.6 Å². The van der Waals surface area contributed by atoms with Crippen molar-refractivity contribution in [3.63, 3.8) is 0 Å². The first-order chi connectivity index (χ1) is 19.0. The Morgan fingerprint density at radius 3 is 2.67 bits per heavy atom. The van der Waals surface area contributed by atoms with Crippen molar-refractivity contribution in [2.24, 2.45) is 0 Å². The zero-order valence-electron chi connectivity index (χ0n) is 22.1. The van der Waals surface area contributed by atoms with Gasteiger partial charge in [-0.2, -0.15) is 0 Å². The summed E-state index contributed by atoms with van der Waals surface area (Å²) in [6.45, 7) is 3.60. The third-order valence-electron chi connectivity index (χ3n) is 7.17. The van der Waals surface area contributed by atoms with Gasteiger partial charge in [0.15, 0.2) is 5.11 Å². The molecule has 40 heavy (non-hydrogen) atoms. The minimum absolute atomic E-state index is 0.103. The third-order valence-corrected chi connectivity index (χ3v) is 7.62. The molecular formula is C28H27FN4O6S. The molecule has 2 N–H and O–H groups in total. The number of anilines is 1. The van der Waals surface area contributed by atoms with Crippen LogP contribution < -0.4 is 20.3 Å². The number of nitrogens with one attached hydrogen (secondary N) is 2. The zero-order valence-corrected chi connectivity index (χ0v) is 22.9. The number of halogens is 1. The number of hydrogen-bond donors (Lipinski definition) is 2. The van der Waals surface area contributed by atoms with Crippen LogP contribution in [0, 0.1) is 5.82 Å². The maximum absolute atomic E-state index is 14.9. The van der Waals surface area contributed by atoms with E-state index in [-0.39, 0.29) is 48.0 Å². The molecule has 1 aromatic heterocycles. The molecule has 0 bridgehead atoms. The summed E-state index contributed by atoms with van der Waals surface area (Å²) in [5, 5.41) is 5.94. The van der Waals surface area contributed by atoms with Crippen LogP contribution in [0.5, 0.6) is 5.75 Å². The lowest BCUT2D eigenvalue weighted by Gasteiger charge is -2.29. The molecule has 1 unspecified atom stereocenters. The van der Waals surface area contributed by atoms with Gasteiger partial charge in [-0.25, -0.2) is 4.39 Å². The van der Waals surface area contributed by atoms with E-state index in [0.717, 1.165) is 0 Å². The van der Waals surface area contributed by atoms with E-state index < -0.39 is 23.2 Å². The molecule has 0 aliphatic carbocycles. The molecule has 2 aliphatic rings. The van der Waals surface area contributed by atoms with Crippen molar-refractivity contribution in [1.82, 2.24) is 15.5 Å². The van der Waals surface area contributed by atoms with Crippen LogP contribution in [0.1, 0.15) is 48.5 Å². The first-order valence-corrected chi connectivity index (χ1v) is 13.1. The van der Waals surface area contributed by atoms with Gasteiger partial charge in [0.05, 0.1) is 24.3 Å². The maximum atomic E-state index is 14.9. The zero-order chi connectivity index (χ0) is 28.8. The quantitative estimate of drug-likeness (QED) is 0.254. The molecule has 208 valence electrons. The lowest BCUT2D eigenvalue weighted by atomic mass is 9.90. The van der Waals surface area contributed by atoms with Gasteiger partial charge < -0.3 is 19.4 Å². The lowest BCUT2D eigenvalue weighted by molar-refractivity contribution is -0.134. The highest BCUT2D eigenvalue weighted by molar-refractivity contribution is 7.80. The molecule has 2 aliphatic heterocycles. The van der Waals surface area contributed by atoms with E-state index in [9.17, 15) is 23.6 Å². The molecule has 3 heterocycles. The molecule has 2 aromatic carbocycles. The second kappa shape index (κ2) is 10.3. The molecular weight excluding hydrogens is 539 g/mol. The van der Waals surface area contributed by atoms with Crippen molar-refractivity contribution < 1.29 is 32.7 Å². The van der Waals surface area contributed by atoms with Gasteiger partial charge in [0.25, 0.3) is 11.8 Å². The summed E-state index contributed by atoms with van der Waals surface area (Å²) in [4.78, 5) is 51.8. The maximum Gasteiger partial charge on any atom is 0.254 e. The fourth-order valence-corrected chi connectivity index (χ4v) is 5.47. The van der Waals surface area contributed by atoms with E-state index >= 15 is 0 Å². The van der Waals surface area contributed by atoms with Crippen molar-refractivity contribution in [2.45, 2.75) is 38.1 Å². The van der Waals surface area contributed by atoms with Crippen molar-refractivity contribution >= 4 is 57.6 Å². The number of imide groups is 1. The molecule has 0 radical (unpaired) electrons. The Morgan fingerprint density at radius 2 is 2.00 bits per heavy atom. The molecule has 12 heteroatoms. The average Bonchev–Trinajstić information content (AvgIpc) is 3.38. The molecule has 3 aromatic rings. The van der Waals surface area contributed by atoms with Gasteiger partial charge >= 0.3 is 0 Å². The highest BCUT2D eigenvalue weighted by Crippen LogP contribution is 2.35. The van der Waals surface area contributed by atoms with Crippen LogP contribution in [0.15, 0.2) is 47.1 Å². The number of nitrogens with zero attached hydrogens (tertiary/aromatic N) is 2. The Kier molecular flexibility index (Phi) is 7.05. The summed E-state index contributed by atoms with van der Waals surface area (Å²) in [6, 6.07) is 9.25. The third kappa shape index (κ3) is 4.79. The molecule has 1 atom stereocenters. The molecule has 10 nitrogen and oxygen atoms in total. The summed E-state index contributed by atoms with van der Waals surface area (Å²) in [5.74, 6) is -2.23. The topological polar surface area (TPSA) is 121 Å². The van der Waals surface area contributed by atoms with Crippen LogP contribution in [0.2, 0.25) is 0 Å². The van der Waals surface area contributed by atoms with E-state index in [2.05, 4.69) is 10.6 Å². The number of likely N-dealkylation sites (N-methyl/N-ethyl adjacent to an activating group) is 1. The number of ether oxygens (including phenoxy) is 1. The summed E-state index contributed by atoms with van der Waals surface area (Å²) in [5.41, 5.74) is 0.484. The number of piperidine rings is 1. The summed E-state index contributed by atoms with van der Waals surface area (Å²) in [7, 11) is 1.57. The van der Waals surface area contributed by atoms with E-state index in [1.54, 1.807) is 50.1 Å². The Balaban J connectivity index is 1.20. The van der Waals surface area contributed by atoms with E-state index in [1.807, 2.05) is 0 Å². The average molecular weight is 567 g/mol. The van der Waals surface area contributed by atoms with E-state index in [1.165, 1.54) is 23.3 Å². The van der Waals surface area contributed by atoms with Crippen LogP contribution in [-0.4, -0.2) is 59.4 Å². The Morgan fingerprint density at radius 1 is 1.23 bits per heavy atom. The number of fused-ring (bicyclic) bond motifs is 1. The van der Waals surface area contributed by atoms with Crippen molar-refractivity contribution in [2.75, 3.05) is 25.1 Å². The summed E-state index contributed by atoms with van der Waals surface area (Å²) in [6.07, 6.45) is 2.16. The number of benzene rings is 2. The monoisotopic (exact) mass is 566 g/mol. The van der Waals surface area contributed by atoms with Gasteiger partial charge in [-0.3, -0.25) is 29.4 Å². The first-order valence-electron chi connectivity index (χ1n) is 12.7. The second-order valence-corrected chi connectivity index (χ2v) is 10.5. The summed E-state index contributed by atoms with van der Waals surface area (Å²) >= 11 is 5.36. The standard InChI is InChI=1S/C28H27FN4O6S/c1-28(2)26(37)32(3)27(40)33(28)15-4-6-18(21(29)12-15)24(35)30-10-11-38-16-5-8-22-19(13-16)20(14-39-22)17-7-9-23(34)31-25(17)36/h4-6,8,12-14,17H,7,9-11H2,1-3H3,(H,30,35)(H,31,34,36). The van der Waals surface area contributed by atoms with Gasteiger partial charge in [-0.1, -0.05) is 0 Å². The van der Waals surface area contributed by atoms with Crippen LogP contribution in [0.3, 0.4) is 0 Å². The number of amides is 4. The molecule has 5 rings (SSSR count). The highest BCUT2D eigenvalue weighted by atomic mass is 32.1. The van der Waals surface area contributed by atoms with E-state index in [4.69, 9.17) is 21.4 Å². The first kappa shape index (κ1) is 27.3. The van der Waals surface area contributed by atoms with Gasteiger partial charge in [0, 0.05) is 30.1 Å². The van der Waals surface area contributed by atoms with E-state index in [0.29, 0.717) is 34.4 Å². The summed E-state index contributed by atoms with van der Waals surface area (Å²) < 4.78 is 26.3. The molecule has 2 fully saturated rings. The van der Waals surface area contributed by atoms with Crippen LogP contribution >= 0.6 is 12.2 Å². The SMILES string of the molecule is CN1C(=O)C(C)(C)N(c2ccc(C(=O)NCCOc3ccc4occ(C5CCC(=O)NC5=O)c4c3)c(F)c2)C1=S. The van der Waals surface area contributed by atoms with Crippen LogP contribution in [0.4, 0.5) is 10.1 Å². The Hall–Kier alpha value is -4.32. The lowest BCUT2D eigenvalue weighted by Crippen LogP contribution is -2.44. The normalized spacial score (nSPS) is 18.9. The number of carbonyl (C=O) groups excluding carboxylic acids is 4. The van der Waals surface area contributed by atoms with Crippen LogP contribution in [0.25, 0.3) is 11.0 Å². The number of carbonyl (C=O) groups is 4. The Labute approximate surface area is 234 Å². The highest BCUT2D eigenvalue weighted by Gasteiger charge is 2.48. The smallest absolute Gasteiger partial charge is 0.254 e. The number of furan rings is 1. The van der Waals surface area contributed by atoms with Gasteiger partial charge in [-0.15, -0.1) is 0 Å². The van der Waals surface area contributed by atoms with Crippen molar-refractivity contribution in [1.29, 1.82) is 0 Å². The predicted octanol–water partition coefficient (Wildman–Crippen LogP) is 3.24. The minimum Gasteiger partial charge on any atom is -0.492 e. The second-order valence-electron chi connectivity index (χ2n) is 10.2. The fourth-order valence-electron chi connectivity index (χ4n) is 5.05. The number of rotatable bonds is 7. The molecule has 4 amide bonds.